The molecule has 0 aromatic carbocycles. The minimum Gasteiger partial charge on any atom is -0.342 e. The Balaban J connectivity index is 1.74. The van der Waals surface area contributed by atoms with E-state index in [0.717, 1.165) is 25.9 Å². The smallest absolute Gasteiger partial charge is 0.236 e. The fourth-order valence-corrected chi connectivity index (χ4v) is 3.15. The monoisotopic (exact) mass is 252 g/mol. The average Bonchev–Trinajstić information content (AvgIpc) is 2.77. The van der Waals surface area contributed by atoms with E-state index in [4.69, 9.17) is 0 Å². The Bertz CT molecular complexity index is 282. The maximum absolute atomic E-state index is 12.2. The first kappa shape index (κ1) is 13.9. The molecule has 18 heavy (non-hydrogen) atoms. The molecule has 0 spiro atoms. The van der Waals surface area contributed by atoms with Gasteiger partial charge < -0.3 is 10.2 Å². The molecule has 104 valence electrons. The lowest BCUT2D eigenvalue weighted by atomic mass is 9.85. The second-order valence-electron chi connectivity index (χ2n) is 6.76. The second-order valence-corrected chi connectivity index (χ2v) is 6.76. The summed E-state index contributed by atoms with van der Waals surface area (Å²) in [5, 5.41) is 3.43. The molecule has 1 saturated heterocycles. The van der Waals surface area contributed by atoms with Crippen LogP contribution in [0.25, 0.3) is 0 Å². The summed E-state index contributed by atoms with van der Waals surface area (Å²) in [4.78, 5) is 14.2. The van der Waals surface area contributed by atoms with Gasteiger partial charge in [-0.2, -0.15) is 0 Å². The van der Waals surface area contributed by atoms with E-state index in [1.54, 1.807) is 0 Å². The lowest BCUT2D eigenvalue weighted by Crippen LogP contribution is -2.41. The van der Waals surface area contributed by atoms with Crippen molar-refractivity contribution >= 4 is 5.91 Å². The quantitative estimate of drug-likeness (QED) is 0.837. The van der Waals surface area contributed by atoms with Gasteiger partial charge in [0, 0.05) is 19.1 Å². The van der Waals surface area contributed by atoms with Crippen molar-refractivity contribution in [3.05, 3.63) is 0 Å². The molecule has 3 nitrogen and oxygen atoms in total. The molecular formula is C15H28N2O. The zero-order chi connectivity index (χ0) is 13.0. The van der Waals surface area contributed by atoms with Crippen LogP contribution in [-0.2, 0) is 4.79 Å². The highest BCUT2D eigenvalue weighted by atomic mass is 16.2. The van der Waals surface area contributed by atoms with E-state index in [-0.39, 0.29) is 0 Å². The van der Waals surface area contributed by atoms with Crippen LogP contribution in [0.5, 0.6) is 0 Å². The molecule has 1 saturated carbocycles. The van der Waals surface area contributed by atoms with Gasteiger partial charge in [0.25, 0.3) is 0 Å². The molecule has 0 unspecified atom stereocenters. The predicted octanol–water partition coefficient (Wildman–Crippen LogP) is 2.56. The van der Waals surface area contributed by atoms with E-state index in [1.165, 1.54) is 32.1 Å². The van der Waals surface area contributed by atoms with Crippen LogP contribution in [0.3, 0.4) is 0 Å². The highest BCUT2D eigenvalue weighted by Crippen LogP contribution is 2.29. The first-order chi connectivity index (χ1) is 8.57. The summed E-state index contributed by atoms with van der Waals surface area (Å²) < 4.78 is 0. The first-order valence-corrected chi connectivity index (χ1v) is 7.58. The summed E-state index contributed by atoms with van der Waals surface area (Å²) in [5.74, 6) is 0.305. The van der Waals surface area contributed by atoms with Crippen molar-refractivity contribution in [1.29, 1.82) is 0 Å². The number of carbonyl (C=O) groups is 1. The van der Waals surface area contributed by atoms with Gasteiger partial charge in [-0.15, -0.1) is 0 Å². The van der Waals surface area contributed by atoms with Gasteiger partial charge in [-0.3, -0.25) is 4.79 Å². The molecule has 0 aromatic rings. The third-order valence-corrected chi connectivity index (χ3v) is 4.59. The maximum atomic E-state index is 12.2. The van der Waals surface area contributed by atoms with Gasteiger partial charge in [-0.05, 0) is 37.5 Å². The largest absolute Gasteiger partial charge is 0.342 e. The van der Waals surface area contributed by atoms with Crippen molar-refractivity contribution in [3.63, 3.8) is 0 Å². The van der Waals surface area contributed by atoms with Crippen molar-refractivity contribution in [1.82, 2.24) is 10.2 Å². The minimum atomic E-state index is 0.305. The van der Waals surface area contributed by atoms with E-state index < -0.39 is 0 Å². The molecule has 0 aromatic heterocycles. The molecule has 1 heterocycles. The number of nitrogens with one attached hydrogen (secondary N) is 1. The molecule has 0 bridgehead atoms. The number of hydrogen-bond acceptors (Lipinski definition) is 2. The van der Waals surface area contributed by atoms with Gasteiger partial charge in [-0.25, -0.2) is 0 Å². The highest BCUT2D eigenvalue weighted by Gasteiger charge is 2.25. The summed E-state index contributed by atoms with van der Waals surface area (Å²) in [6, 6.07) is 0.595. The number of carbonyl (C=O) groups excluding carboxylic acids is 1. The zero-order valence-electron chi connectivity index (χ0n) is 12.0. The Morgan fingerprint density at radius 3 is 2.61 bits per heavy atom. The number of likely N-dealkylation sites (tertiary alicyclic amines) is 1. The standard InChI is InChI=1S/C15H28N2O/c1-15(2)8-5-10-17(11-9-15)14(18)12-16-13-6-3-4-7-13/h13,16H,3-12H2,1-2H3. The van der Waals surface area contributed by atoms with Gasteiger partial charge in [-0.1, -0.05) is 26.7 Å². The topological polar surface area (TPSA) is 32.3 Å². The number of nitrogens with zero attached hydrogens (tertiary/aromatic N) is 1. The Kier molecular flexibility index (Phi) is 4.66. The van der Waals surface area contributed by atoms with Gasteiger partial charge >= 0.3 is 0 Å². The van der Waals surface area contributed by atoms with Crippen LogP contribution in [0, 0.1) is 5.41 Å². The number of rotatable bonds is 3. The van der Waals surface area contributed by atoms with E-state index in [2.05, 4.69) is 24.1 Å². The van der Waals surface area contributed by atoms with E-state index in [0.29, 0.717) is 23.9 Å². The molecule has 1 N–H and O–H groups in total. The van der Waals surface area contributed by atoms with Crippen molar-refractivity contribution in [2.24, 2.45) is 5.41 Å². The van der Waals surface area contributed by atoms with Crippen LogP contribution in [0.1, 0.15) is 58.8 Å². The van der Waals surface area contributed by atoms with Crippen LogP contribution in [0.2, 0.25) is 0 Å². The third-order valence-electron chi connectivity index (χ3n) is 4.59. The van der Waals surface area contributed by atoms with Crippen molar-refractivity contribution in [2.75, 3.05) is 19.6 Å². The van der Waals surface area contributed by atoms with Gasteiger partial charge in [0.15, 0.2) is 0 Å². The van der Waals surface area contributed by atoms with Crippen molar-refractivity contribution < 1.29 is 4.79 Å². The SMILES string of the molecule is CC1(C)CCCN(C(=O)CNC2CCCC2)CC1. The molecular weight excluding hydrogens is 224 g/mol. The van der Waals surface area contributed by atoms with Crippen LogP contribution >= 0.6 is 0 Å². The Morgan fingerprint density at radius 2 is 1.89 bits per heavy atom. The molecule has 0 atom stereocenters. The molecule has 2 fully saturated rings. The summed E-state index contributed by atoms with van der Waals surface area (Å²) in [6.07, 6.45) is 8.69. The zero-order valence-corrected chi connectivity index (χ0v) is 12.0. The second kappa shape index (κ2) is 6.05. The highest BCUT2D eigenvalue weighted by molar-refractivity contribution is 5.78. The number of amides is 1. The molecule has 1 aliphatic heterocycles. The summed E-state index contributed by atoms with van der Waals surface area (Å²) in [6.45, 7) is 7.08. The molecule has 1 amide bonds. The molecule has 2 rings (SSSR count). The van der Waals surface area contributed by atoms with Gasteiger partial charge in [0.1, 0.15) is 0 Å². The number of hydrogen-bond donors (Lipinski definition) is 1. The lowest BCUT2D eigenvalue weighted by molar-refractivity contribution is -0.130. The van der Waals surface area contributed by atoms with Crippen LogP contribution in [0.15, 0.2) is 0 Å². The van der Waals surface area contributed by atoms with E-state index in [1.807, 2.05) is 0 Å². The Morgan fingerprint density at radius 1 is 1.17 bits per heavy atom. The van der Waals surface area contributed by atoms with Crippen LogP contribution in [0.4, 0.5) is 0 Å². The fourth-order valence-electron chi connectivity index (χ4n) is 3.15. The van der Waals surface area contributed by atoms with Gasteiger partial charge in [0.05, 0.1) is 6.54 Å². The summed E-state index contributed by atoms with van der Waals surface area (Å²) in [7, 11) is 0. The van der Waals surface area contributed by atoms with Crippen LogP contribution < -0.4 is 5.32 Å². The molecule has 0 radical (unpaired) electrons. The third kappa shape index (κ3) is 3.98. The fraction of sp³-hybridized carbons (Fsp3) is 0.933. The summed E-state index contributed by atoms with van der Waals surface area (Å²) >= 11 is 0. The van der Waals surface area contributed by atoms with Crippen LogP contribution in [-0.4, -0.2) is 36.5 Å². The summed E-state index contributed by atoms with van der Waals surface area (Å²) in [5.41, 5.74) is 0.411. The van der Waals surface area contributed by atoms with Crippen molar-refractivity contribution in [3.8, 4) is 0 Å². The molecule has 2 aliphatic rings. The lowest BCUT2D eigenvalue weighted by Gasteiger charge is -2.24. The minimum absolute atomic E-state index is 0.305. The molecule has 1 aliphatic carbocycles. The predicted molar refractivity (Wildman–Crippen MR) is 74.5 cm³/mol. The van der Waals surface area contributed by atoms with Gasteiger partial charge in [0.2, 0.25) is 5.91 Å². The Hall–Kier alpha value is -0.570. The molecule has 3 heteroatoms. The van der Waals surface area contributed by atoms with Crippen molar-refractivity contribution in [2.45, 2.75) is 64.8 Å². The van der Waals surface area contributed by atoms with E-state index in [9.17, 15) is 4.79 Å². The first-order valence-electron chi connectivity index (χ1n) is 7.58. The van der Waals surface area contributed by atoms with E-state index >= 15 is 0 Å². The maximum Gasteiger partial charge on any atom is 0.236 e. The Labute approximate surface area is 111 Å². The normalized spacial score (nSPS) is 25.1. The average molecular weight is 252 g/mol.